The number of aromatic nitrogens is 2. The molecule has 0 aliphatic heterocycles. The number of ether oxygens (including phenoxy) is 1. The fourth-order valence-corrected chi connectivity index (χ4v) is 4.74. The van der Waals surface area contributed by atoms with Crippen LogP contribution in [0.25, 0.3) is 33.5 Å². The van der Waals surface area contributed by atoms with Gasteiger partial charge in [-0.3, -0.25) is 4.98 Å². The molecule has 3 aromatic heterocycles. The summed E-state index contributed by atoms with van der Waals surface area (Å²) in [5.41, 5.74) is 9.39. The van der Waals surface area contributed by atoms with Crippen molar-refractivity contribution in [3.63, 3.8) is 0 Å². The van der Waals surface area contributed by atoms with Gasteiger partial charge in [0.2, 0.25) is 5.88 Å². The van der Waals surface area contributed by atoms with Crippen molar-refractivity contribution in [3.8, 4) is 44.5 Å². The van der Waals surface area contributed by atoms with Crippen LogP contribution < -0.4 is 4.74 Å². The van der Waals surface area contributed by atoms with Crippen molar-refractivity contribution in [1.82, 2.24) is 9.97 Å². The van der Waals surface area contributed by atoms with Gasteiger partial charge in [0.1, 0.15) is 0 Å². The lowest BCUT2D eigenvalue weighted by Crippen LogP contribution is -1.92. The minimum Gasteiger partial charge on any atom is -0.428 e. The summed E-state index contributed by atoms with van der Waals surface area (Å²) in [6, 6.07) is 26.9. The number of aryl methyl sites for hydroxylation is 2. The molecule has 0 spiro atoms. The minimum absolute atomic E-state index is 0.590. The maximum Gasteiger partial charge on any atom is 0.220 e. The first-order chi connectivity index (χ1) is 15.7. The molecule has 0 aliphatic carbocycles. The molecule has 32 heavy (non-hydrogen) atoms. The second-order valence-electron chi connectivity index (χ2n) is 7.71. The molecule has 0 radical (unpaired) electrons. The van der Waals surface area contributed by atoms with E-state index in [2.05, 4.69) is 77.7 Å². The summed E-state index contributed by atoms with van der Waals surface area (Å²) in [5.74, 6) is 0.590. The molecular weight excluding hydrogens is 412 g/mol. The molecule has 2 aromatic carbocycles. The van der Waals surface area contributed by atoms with E-state index >= 15 is 0 Å². The number of hydrogen-bond acceptors (Lipinski definition) is 4. The van der Waals surface area contributed by atoms with Crippen LogP contribution in [-0.2, 0) is 0 Å². The molecule has 0 saturated heterocycles. The highest BCUT2D eigenvalue weighted by atomic mass is 32.1. The summed E-state index contributed by atoms with van der Waals surface area (Å²) < 4.78 is 5.87. The third-order valence-electron chi connectivity index (χ3n) is 5.40. The van der Waals surface area contributed by atoms with Gasteiger partial charge in [0.05, 0.1) is 5.69 Å². The Morgan fingerprint density at radius 3 is 2.19 bits per heavy atom. The summed E-state index contributed by atoms with van der Waals surface area (Å²) >= 11 is 1.54. The molecule has 5 aromatic rings. The predicted octanol–water partition coefficient (Wildman–Crippen LogP) is 7.95. The molecule has 0 unspecified atom stereocenters. The van der Waals surface area contributed by atoms with Crippen LogP contribution in [0.2, 0.25) is 0 Å². The minimum atomic E-state index is 0.590. The summed E-state index contributed by atoms with van der Waals surface area (Å²) in [7, 11) is 0. The average Bonchev–Trinajstić information content (AvgIpc) is 3.29. The van der Waals surface area contributed by atoms with Gasteiger partial charge in [-0.05, 0) is 65.4 Å². The molecule has 0 atom stereocenters. The third-order valence-corrected chi connectivity index (χ3v) is 6.21. The summed E-state index contributed by atoms with van der Waals surface area (Å²) in [6.45, 7) is 4.36. The van der Waals surface area contributed by atoms with Crippen LogP contribution in [0.15, 0.2) is 96.6 Å². The second-order valence-corrected chi connectivity index (χ2v) is 8.58. The molecule has 0 saturated carbocycles. The van der Waals surface area contributed by atoms with Crippen LogP contribution in [-0.4, -0.2) is 9.97 Å². The Kier molecular flexibility index (Phi) is 5.53. The highest BCUT2D eigenvalue weighted by Crippen LogP contribution is 2.36. The van der Waals surface area contributed by atoms with E-state index in [0.717, 1.165) is 16.3 Å². The van der Waals surface area contributed by atoms with Gasteiger partial charge in [-0.25, -0.2) is 4.98 Å². The molecule has 0 amide bonds. The number of rotatable bonds is 5. The first-order valence-corrected chi connectivity index (χ1v) is 11.4. The van der Waals surface area contributed by atoms with Crippen molar-refractivity contribution in [2.75, 3.05) is 0 Å². The van der Waals surface area contributed by atoms with Crippen molar-refractivity contribution in [2.45, 2.75) is 13.8 Å². The third kappa shape index (κ3) is 4.18. The largest absolute Gasteiger partial charge is 0.428 e. The van der Waals surface area contributed by atoms with Crippen molar-refractivity contribution >= 4 is 11.3 Å². The number of benzene rings is 2. The topological polar surface area (TPSA) is 35.0 Å². The standard InChI is InChI=1S/C28H22N2OS/c1-19-14-23(21-8-4-3-5-9-21)15-20(2)28(19)22-11-13-29-25(16-22)24-17-27(32-18-24)31-26-10-6-7-12-30-26/h3-18H,1-2H3. The normalized spacial score (nSPS) is 10.8. The zero-order valence-corrected chi connectivity index (χ0v) is 18.8. The Hall–Kier alpha value is -3.76. The van der Waals surface area contributed by atoms with E-state index in [1.54, 1.807) is 17.5 Å². The van der Waals surface area contributed by atoms with Gasteiger partial charge in [0.15, 0.2) is 5.06 Å². The molecule has 5 rings (SSSR count). The zero-order chi connectivity index (χ0) is 21.9. The van der Waals surface area contributed by atoms with Crippen LogP contribution in [0.3, 0.4) is 0 Å². The van der Waals surface area contributed by atoms with E-state index in [-0.39, 0.29) is 0 Å². The lowest BCUT2D eigenvalue weighted by atomic mass is 9.91. The van der Waals surface area contributed by atoms with E-state index in [0.29, 0.717) is 5.88 Å². The Bertz CT molecular complexity index is 1340. The van der Waals surface area contributed by atoms with Crippen LogP contribution in [0.1, 0.15) is 11.1 Å². The number of pyridine rings is 2. The van der Waals surface area contributed by atoms with E-state index in [4.69, 9.17) is 4.74 Å². The number of nitrogens with zero attached hydrogens (tertiary/aromatic N) is 2. The fraction of sp³-hybridized carbons (Fsp3) is 0.0714. The Labute approximate surface area is 192 Å². The van der Waals surface area contributed by atoms with Crippen LogP contribution >= 0.6 is 11.3 Å². The van der Waals surface area contributed by atoms with E-state index < -0.39 is 0 Å². The quantitative estimate of drug-likeness (QED) is 0.281. The van der Waals surface area contributed by atoms with E-state index in [9.17, 15) is 0 Å². The highest BCUT2D eigenvalue weighted by molar-refractivity contribution is 7.12. The first kappa shape index (κ1) is 20.2. The van der Waals surface area contributed by atoms with Gasteiger partial charge < -0.3 is 4.74 Å². The van der Waals surface area contributed by atoms with Crippen molar-refractivity contribution in [3.05, 3.63) is 108 Å². The van der Waals surface area contributed by atoms with Gasteiger partial charge in [-0.1, -0.05) is 48.5 Å². The Morgan fingerprint density at radius 2 is 1.44 bits per heavy atom. The van der Waals surface area contributed by atoms with Gasteiger partial charge in [-0.15, -0.1) is 11.3 Å². The van der Waals surface area contributed by atoms with Crippen LogP contribution in [0.4, 0.5) is 0 Å². The highest BCUT2D eigenvalue weighted by Gasteiger charge is 2.12. The van der Waals surface area contributed by atoms with Crippen molar-refractivity contribution in [1.29, 1.82) is 0 Å². The lowest BCUT2D eigenvalue weighted by molar-refractivity contribution is 0.476. The monoisotopic (exact) mass is 434 g/mol. The summed E-state index contributed by atoms with van der Waals surface area (Å²) in [4.78, 5) is 8.84. The van der Waals surface area contributed by atoms with Crippen LogP contribution in [0.5, 0.6) is 10.9 Å². The lowest BCUT2D eigenvalue weighted by Gasteiger charge is -2.14. The predicted molar refractivity (Wildman–Crippen MR) is 132 cm³/mol. The fourth-order valence-electron chi connectivity index (χ4n) is 3.97. The molecule has 0 bridgehead atoms. The van der Waals surface area contributed by atoms with Crippen molar-refractivity contribution in [2.24, 2.45) is 0 Å². The molecule has 3 heterocycles. The number of thiophene rings is 1. The van der Waals surface area contributed by atoms with Gasteiger partial charge in [-0.2, -0.15) is 0 Å². The maximum atomic E-state index is 5.87. The molecule has 0 N–H and O–H groups in total. The SMILES string of the molecule is Cc1cc(-c2ccccc2)cc(C)c1-c1ccnc(-c2csc(Oc3ccccn3)c2)c1. The van der Waals surface area contributed by atoms with Crippen LogP contribution in [0, 0.1) is 13.8 Å². The average molecular weight is 435 g/mol. The maximum absolute atomic E-state index is 5.87. The van der Waals surface area contributed by atoms with E-state index in [1.165, 1.54) is 33.4 Å². The molecule has 3 nitrogen and oxygen atoms in total. The summed E-state index contributed by atoms with van der Waals surface area (Å²) in [5, 5.41) is 2.87. The molecule has 4 heteroatoms. The second kappa shape index (κ2) is 8.77. The van der Waals surface area contributed by atoms with E-state index in [1.807, 2.05) is 36.5 Å². The smallest absolute Gasteiger partial charge is 0.220 e. The number of hydrogen-bond donors (Lipinski definition) is 0. The van der Waals surface area contributed by atoms with Gasteiger partial charge >= 0.3 is 0 Å². The van der Waals surface area contributed by atoms with Gasteiger partial charge in [0.25, 0.3) is 0 Å². The first-order valence-electron chi connectivity index (χ1n) is 10.5. The summed E-state index contributed by atoms with van der Waals surface area (Å²) in [6.07, 6.45) is 3.61. The molecule has 156 valence electrons. The Morgan fingerprint density at radius 1 is 0.656 bits per heavy atom. The Balaban J connectivity index is 1.46. The molecule has 0 aliphatic rings. The van der Waals surface area contributed by atoms with Crippen molar-refractivity contribution < 1.29 is 4.74 Å². The van der Waals surface area contributed by atoms with Gasteiger partial charge in [0, 0.05) is 35.5 Å². The zero-order valence-electron chi connectivity index (χ0n) is 17.9. The molecular formula is C28H22N2OS. The molecule has 0 fully saturated rings.